The van der Waals surface area contributed by atoms with Crippen LogP contribution >= 0.6 is 0 Å². The van der Waals surface area contributed by atoms with Crippen LogP contribution in [-0.2, 0) is 16.3 Å². The molecule has 0 bridgehead atoms. The Balaban J connectivity index is 2.19. The molecule has 0 spiro atoms. The molecule has 1 aromatic carbocycles. The van der Waals surface area contributed by atoms with Gasteiger partial charge in [-0.25, -0.2) is 19.0 Å². The Bertz CT molecular complexity index is 1110. The summed E-state index contributed by atoms with van der Waals surface area (Å²) in [6.07, 6.45) is -3.92. The van der Waals surface area contributed by atoms with E-state index in [1.807, 2.05) is 0 Å². The van der Waals surface area contributed by atoms with Crippen molar-refractivity contribution >= 4 is 10.1 Å². The van der Waals surface area contributed by atoms with Gasteiger partial charge in [0.1, 0.15) is 5.82 Å². The summed E-state index contributed by atoms with van der Waals surface area (Å²) in [7, 11) is -4.57. The molecule has 2 heterocycles. The van der Waals surface area contributed by atoms with Crippen LogP contribution in [0.15, 0.2) is 41.6 Å². The molecule has 0 aliphatic carbocycles. The molecule has 12 heteroatoms. The zero-order valence-corrected chi connectivity index (χ0v) is 14.3. The van der Waals surface area contributed by atoms with E-state index < -0.39 is 33.0 Å². The summed E-state index contributed by atoms with van der Waals surface area (Å²) in [6.45, 7) is 1.44. The van der Waals surface area contributed by atoms with Crippen molar-refractivity contribution in [1.29, 1.82) is 0 Å². The zero-order valence-electron chi connectivity index (χ0n) is 13.4. The van der Waals surface area contributed by atoms with Crippen LogP contribution in [-0.4, -0.2) is 32.7 Å². The SMILES string of the molecule is Cc1cc(-c2nc(C(F)(F)F)nn2-c2ccc(S(=O)(=O)O)nc2)ccc1F. The second-order valence-corrected chi connectivity index (χ2v) is 6.83. The van der Waals surface area contributed by atoms with Crippen molar-refractivity contribution in [2.24, 2.45) is 0 Å². The number of aromatic nitrogens is 4. The third-order valence-corrected chi connectivity index (χ3v) is 4.28. The van der Waals surface area contributed by atoms with Gasteiger partial charge in [0.05, 0.1) is 11.9 Å². The Morgan fingerprint density at radius 2 is 1.85 bits per heavy atom. The van der Waals surface area contributed by atoms with Gasteiger partial charge in [-0.15, -0.1) is 5.10 Å². The Kier molecular flexibility index (Phi) is 4.48. The Hall–Kier alpha value is -2.86. The van der Waals surface area contributed by atoms with E-state index in [4.69, 9.17) is 4.55 Å². The number of aryl methyl sites for hydroxylation is 1. The summed E-state index contributed by atoms with van der Waals surface area (Å²) in [6, 6.07) is 5.62. The van der Waals surface area contributed by atoms with E-state index in [2.05, 4.69) is 15.1 Å². The first kappa shape index (κ1) is 18.9. The predicted octanol–water partition coefficient (Wildman–Crippen LogP) is 3.04. The Morgan fingerprint density at radius 1 is 1.15 bits per heavy atom. The maximum atomic E-state index is 13.5. The van der Waals surface area contributed by atoms with E-state index in [1.54, 1.807) is 0 Å². The molecule has 7 nitrogen and oxygen atoms in total. The Morgan fingerprint density at radius 3 is 2.37 bits per heavy atom. The van der Waals surface area contributed by atoms with Gasteiger partial charge in [-0.2, -0.15) is 21.6 Å². The summed E-state index contributed by atoms with van der Waals surface area (Å²) in [5.74, 6) is -2.22. The third-order valence-electron chi connectivity index (χ3n) is 3.51. The molecule has 0 atom stereocenters. The summed E-state index contributed by atoms with van der Waals surface area (Å²) in [5, 5.41) is 2.73. The molecule has 0 saturated carbocycles. The van der Waals surface area contributed by atoms with Gasteiger partial charge in [0.2, 0.25) is 0 Å². The molecule has 142 valence electrons. The Labute approximate surface area is 150 Å². The lowest BCUT2D eigenvalue weighted by molar-refractivity contribution is -0.144. The fraction of sp³-hybridized carbons (Fsp3) is 0.133. The lowest BCUT2D eigenvalue weighted by Crippen LogP contribution is -2.09. The highest BCUT2D eigenvalue weighted by Crippen LogP contribution is 2.31. The maximum Gasteiger partial charge on any atom is 0.453 e. The average molecular weight is 402 g/mol. The minimum atomic E-state index is -4.84. The highest BCUT2D eigenvalue weighted by atomic mass is 32.2. The molecule has 0 fully saturated rings. The van der Waals surface area contributed by atoms with Crippen LogP contribution in [0.5, 0.6) is 0 Å². The van der Waals surface area contributed by atoms with E-state index >= 15 is 0 Å². The van der Waals surface area contributed by atoms with Crippen molar-refractivity contribution in [1.82, 2.24) is 19.7 Å². The average Bonchev–Trinajstić information content (AvgIpc) is 3.02. The lowest BCUT2D eigenvalue weighted by Gasteiger charge is -2.07. The first-order valence-corrected chi connectivity index (χ1v) is 8.65. The van der Waals surface area contributed by atoms with Gasteiger partial charge in [-0.3, -0.25) is 4.55 Å². The first-order valence-electron chi connectivity index (χ1n) is 7.21. The standard InChI is InChI=1S/C15H10F4N4O3S/c1-8-6-9(2-4-11(8)16)13-21-14(15(17,18)19)22-23(13)10-3-5-12(20-7-10)27(24,25)26/h2-7H,1H3,(H,24,25,26). The molecule has 0 unspecified atom stereocenters. The maximum absolute atomic E-state index is 13.5. The van der Waals surface area contributed by atoms with Crippen LogP contribution in [0.25, 0.3) is 17.1 Å². The molecular formula is C15H10F4N4O3S. The van der Waals surface area contributed by atoms with Crippen molar-refractivity contribution in [3.05, 3.63) is 53.7 Å². The number of pyridine rings is 1. The van der Waals surface area contributed by atoms with Crippen LogP contribution < -0.4 is 0 Å². The second kappa shape index (κ2) is 6.39. The molecule has 0 amide bonds. The quantitative estimate of drug-likeness (QED) is 0.534. The molecule has 0 aliphatic rings. The van der Waals surface area contributed by atoms with E-state index in [0.717, 1.165) is 29.1 Å². The fourth-order valence-corrected chi connectivity index (χ4v) is 2.66. The number of alkyl halides is 3. The molecule has 2 aromatic heterocycles. The van der Waals surface area contributed by atoms with Crippen molar-refractivity contribution in [3.63, 3.8) is 0 Å². The number of hydrogen-bond donors (Lipinski definition) is 1. The first-order chi connectivity index (χ1) is 12.5. The molecule has 1 N–H and O–H groups in total. The highest BCUT2D eigenvalue weighted by molar-refractivity contribution is 7.85. The topological polar surface area (TPSA) is 98.0 Å². The molecular weight excluding hydrogens is 392 g/mol. The van der Waals surface area contributed by atoms with E-state index in [9.17, 15) is 26.0 Å². The summed E-state index contributed by atoms with van der Waals surface area (Å²) < 4.78 is 84.5. The van der Waals surface area contributed by atoms with E-state index in [-0.39, 0.29) is 22.6 Å². The van der Waals surface area contributed by atoms with Crippen molar-refractivity contribution < 1.29 is 30.5 Å². The number of halogens is 4. The van der Waals surface area contributed by atoms with Crippen LogP contribution in [0.2, 0.25) is 0 Å². The number of rotatable bonds is 3. The van der Waals surface area contributed by atoms with Gasteiger partial charge in [0, 0.05) is 5.56 Å². The summed E-state index contributed by atoms with van der Waals surface area (Å²) >= 11 is 0. The zero-order chi connectivity index (χ0) is 20.0. The largest absolute Gasteiger partial charge is 0.453 e. The lowest BCUT2D eigenvalue weighted by atomic mass is 10.1. The van der Waals surface area contributed by atoms with Gasteiger partial charge in [0.15, 0.2) is 10.9 Å². The van der Waals surface area contributed by atoms with Crippen LogP contribution in [0, 0.1) is 12.7 Å². The number of benzene rings is 1. The minimum absolute atomic E-state index is 0.0395. The van der Waals surface area contributed by atoms with Gasteiger partial charge in [-0.1, -0.05) is 0 Å². The van der Waals surface area contributed by atoms with E-state index in [0.29, 0.717) is 0 Å². The van der Waals surface area contributed by atoms with Gasteiger partial charge >= 0.3 is 16.3 Å². The minimum Gasteiger partial charge on any atom is -0.281 e. The molecule has 0 aliphatic heterocycles. The molecule has 3 aromatic rings. The van der Waals surface area contributed by atoms with Gasteiger partial charge < -0.3 is 0 Å². The number of nitrogens with zero attached hydrogens (tertiary/aromatic N) is 4. The van der Waals surface area contributed by atoms with E-state index in [1.165, 1.54) is 19.1 Å². The predicted molar refractivity (Wildman–Crippen MR) is 84.1 cm³/mol. The molecule has 0 radical (unpaired) electrons. The smallest absolute Gasteiger partial charge is 0.281 e. The van der Waals surface area contributed by atoms with Crippen LogP contribution in [0.1, 0.15) is 11.4 Å². The van der Waals surface area contributed by atoms with Crippen LogP contribution in [0.4, 0.5) is 17.6 Å². The molecule has 0 saturated heterocycles. The summed E-state index contributed by atoms with van der Waals surface area (Å²) in [4.78, 5) is 6.98. The second-order valence-electron chi connectivity index (χ2n) is 5.46. The van der Waals surface area contributed by atoms with Crippen molar-refractivity contribution in [2.45, 2.75) is 18.1 Å². The van der Waals surface area contributed by atoms with Crippen molar-refractivity contribution in [2.75, 3.05) is 0 Å². The summed E-state index contributed by atoms with van der Waals surface area (Å²) in [5.41, 5.74) is 0.314. The molecule has 27 heavy (non-hydrogen) atoms. The number of hydrogen-bond acceptors (Lipinski definition) is 5. The molecule has 3 rings (SSSR count). The van der Waals surface area contributed by atoms with Crippen LogP contribution in [0.3, 0.4) is 0 Å². The fourth-order valence-electron chi connectivity index (χ4n) is 2.23. The monoisotopic (exact) mass is 402 g/mol. The normalized spacial score (nSPS) is 12.4. The van der Waals surface area contributed by atoms with Gasteiger partial charge in [0.25, 0.3) is 5.82 Å². The van der Waals surface area contributed by atoms with Crippen molar-refractivity contribution in [3.8, 4) is 17.1 Å². The highest BCUT2D eigenvalue weighted by Gasteiger charge is 2.37. The van der Waals surface area contributed by atoms with Gasteiger partial charge in [-0.05, 0) is 42.8 Å². The third kappa shape index (κ3) is 3.80.